The van der Waals surface area contributed by atoms with Crippen molar-refractivity contribution in [1.82, 2.24) is 24.6 Å². The third-order valence-corrected chi connectivity index (χ3v) is 6.31. The fraction of sp³-hybridized carbons (Fsp3) is 0.333. The van der Waals surface area contributed by atoms with Crippen LogP contribution in [-0.2, 0) is 16.9 Å². The Kier molecular flexibility index (Phi) is 7.33. The van der Waals surface area contributed by atoms with Gasteiger partial charge in [0, 0.05) is 46.2 Å². The Hall–Kier alpha value is -3.76. The number of hydrogen-bond donors (Lipinski definition) is 3. The first-order valence-electron chi connectivity index (χ1n) is 12.0. The van der Waals surface area contributed by atoms with Crippen molar-refractivity contribution < 1.29 is 9.59 Å². The molecule has 0 aliphatic carbocycles. The summed E-state index contributed by atoms with van der Waals surface area (Å²) in [6.45, 7) is 10.6. The van der Waals surface area contributed by atoms with Crippen molar-refractivity contribution in [3.8, 4) is 22.5 Å². The minimum Gasteiger partial charge on any atom is -0.348 e. The van der Waals surface area contributed by atoms with E-state index in [1.165, 1.54) is 11.3 Å². The number of rotatable bonds is 8. The van der Waals surface area contributed by atoms with Crippen LogP contribution in [0.5, 0.6) is 0 Å². The largest absolute Gasteiger partial charge is 0.348 e. The number of thiazole rings is 1. The highest BCUT2D eigenvalue weighted by molar-refractivity contribution is 7.14. The first-order chi connectivity index (χ1) is 17.4. The molecule has 0 saturated heterocycles. The van der Waals surface area contributed by atoms with E-state index < -0.39 is 0 Å². The zero-order valence-electron chi connectivity index (χ0n) is 21.8. The molecule has 1 aromatic carbocycles. The third kappa shape index (κ3) is 6.93. The smallest absolute Gasteiger partial charge is 0.253 e. The minimum atomic E-state index is -0.353. The fourth-order valence-corrected chi connectivity index (χ4v) is 4.43. The second-order valence-corrected chi connectivity index (χ2v) is 11.6. The molecule has 0 fully saturated rings. The molecule has 10 heteroatoms. The topological polar surface area (TPSA) is 120 Å². The first-order valence-corrected chi connectivity index (χ1v) is 12.9. The number of carbonyl (C=O) groups is 2. The lowest BCUT2D eigenvalue weighted by atomic mass is 10.1. The maximum absolute atomic E-state index is 12.4. The predicted octanol–water partition coefficient (Wildman–Crippen LogP) is 4.34. The average molecular weight is 520 g/mol. The van der Waals surface area contributed by atoms with Crippen LogP contribution in [-0.4, -0.2) is 43.2 Å². The molecule has 37 heavy (non-hydrogen) atoms. The van der Waals surface area contributed by atoms with Crippen LogP contribution in [0.25, 0.3) is 22.5 Å². The number of hydrogen-bond acceptors (Lipinski definition) is 6. The van der Waals surface area contributed by atoms with Gasteiger partial charge in [-0.15, -0.1) is 11.3 Å². The van der Waals surface area contributed by atoms with Gasteiger partial charge in [0.15, 0.2) is 5.13 Å². The summed E-state index contributed by atoms with van der Waals surface area (Å²) in [7, 11) is 0. The van der Waals surface area contributed by atoms with Crippen LogP contribution in [0, 0.1) is 0 Å². The Bertz CT molecular complexity index is 1400. The summed E-state index contributed by atoms with van der Waals surface area (Å²) in [5.41, 5.74) is 9.62. The van der Waals surface area contributed by atoms with E-state index in [2.05, 4.69) is 41.5 Å². The van der Waals surface area contributed by atoms with E-state index in [0.29, 0.717) is 17.2 Å². The molecule has 0 bridgehead atoms. The molecule has 0 saturated carbocycles. The molecule has 4 rings (SSSR count). The Morgan fingerprint density at radius 2 is 1.76 bits per heavy atom. The highest BCUT2D eigenvalue weighted by atomic mass is 32.1. The van der Waals surface area contributed by atoms with Crippen LogP contribution < -0.4 is 16.4 Å². The second kappa shape index (κ2) is 10.3. The van der Waals surface area contributed by atoms with Crippen LogP contribution in [0.3, 0.4) is 0 Å². The average Bonchev–Trinajstić information content (AvgIpc) is 3.57. The molecule has 0 radical (unpaired) electrons. The molecule has 3 aromatic heterocycles. The summed E-state index contributed by atoms with van der Waals surface area (Å²) < 4.78 is 3.80. The van der Waals surface area contributed by atoms with Crippen molar-refractivity contribution in [2.45, 2.75) is 52.2 Å². The van der Waals surface area contributed by atoms with Gasteiger partial charge in [0.25, 0.3) is 5.91 Å². The van der Waals surface area contributed by atoms with E-state index >= 15 is 0 Å². The molecular weight excluding hydrogens is 486 g/mol. The van der Waals surface area contributed by atoms with Crippen molar-refractivity contribution in [3.05, 3.63) is 65.9 Å². The summed E-state index contributed by atoms with van der Waals surface area (Å²) in [4.78, 5) is 29.4. The zero-order chi connectivity index (χ0) is 26.8. The molecule has 4 aromatic rings. The van der Waals surface area contributed by atoms with Gasteiger partial charge in [0.05, 0.1) is 30.0 Å². The van der Waals surface area contributed by atoms with Crippen LogP contribution in [0.1, 0.15) is 45.0 Å². The number of carbonyl (C=O) groups excluding carboxylic acids is 2. The van der Waals surface area contributed by atoms with Gasteiger partial charge in [0.1, 0.15) is 0 Å². The number of nitrogens with one attached hydrogen (secondary N) is 2. The van der Waals surface area contributed by atoms with Crippen molar-refractivity contribution in [2.24, 2.45) is 5.73 Å². The van der Waals surface area contributed by atoms with Gasteiger partial charge in [-0.25, -0.2) is 4.98 Å². The number of aromatic nitrogens is 4. The molecular formula is C27H33N7O2S. The van der Waals surface area contributed by atoms with Crippen molar-refractivity contribution >= 4 is 28.3 Å². The Morgan fingerprint density at radius 1 is 1.03 bits per heavy atom. The quantitative estimate of drug-likeness (QED) is 0.320. The summed E-state index contributed by atoms with van der Waals surface area (Å²) in [6.07, 6.45) is 5.55. The second-order valence-electron chi connectivity index (χ2n) is 10.7. The zero-order valence-corrected chi connectivity index (χ0v) is 22.6. The van der Waals surface area contributed by atoms with Gasteiger partial charge in [-0.1, -0.05) is 18.2 Å². The van der Waals surface area contributed by atoms with E-state index in [4.69, 9.17) is 5.73 Å². The lowest BCUT2D eigenvalue weighted by Gasteiger charge is -2.20. The van der Waals surface area contributed by atoms with Crippen LogP contribution in [0.2, 0.25) is 0 Å². The van der Waals surface area contributed by atoms with E-state index in [9.17, 15) is 9.59 Å². The van der Waals surface area contributed by atoms with Gasteiger partial charge >= 0.3 is 0 Å². The number of anilines is 1. The molecule has 9 nitrogen and oxygen atoms in total. The summed E-state index contributed by atoms with van der Waals surface area (Å²) in [6, 6.07) is 11.6. The molecule has 3 heterocycles. The molecule has 2 amide bonds. The Morgan fingerprint density at radius 3 is 2.43 bits per heavy atom. The molecule has 0 unspecified atom stereocenters. The normalized spacial score (nSPS) is 11.9. The van der Waals surface area contributed by atoms with E-state index in [-0.39, 0.29) is 29.4 Å². The lowest BCUT2D eigenvalue weighted by molar-refractivity contribution is -0.115. The highest BCUT2D eigenvalue weighted by Gasteiger charge is 2.17. The lowest BCUT2D eigenvalue weighted by Crippen LogP contribution is -2.37. The monoisotopic (exact) mass is 519 g/mol. The standard InChI is InChI=1S/C27H33N7O2S/c1-26(2,3)33-11-9-20(15-33)24(36)29-14-23(35)31-25-30-22(16-37-25)19-8-6-7-18(13-19)21-10-12-34(32-21)17-27(4,5)28/h6-13,15-16H,14,17,28H2,1-5H3,(H,29,36)(H,30,31,35). The van der Waals surface area contributed by atoms with Gasteiger partial charge in [-0.05, 0) is 52.8 Å². The molecule has 4 N–H and O–H groups in total. The Balaban J connectivity index is 1.36. The maximum Gasteiger partial charge on any atom is 0.253 e. The molecule has 0 atom stereocenters. The van der Waals surface area contributed by atoms with Crippen molar-refractivity contribution in [3.63, 3.8) is 0 Å². The van der Waals surface area contributed by atoms with E-state index in [1.54, 1.807) is 12.3 Å². The molecule has 0 aliphatic heterocycles. The number of nitrogens with two attached hydrogens (primary N) is 1. The first kappa shape index (κ1) is 26.3. The van der Waals surface area contributed by atoms with E-state index in [1.807, 2.05) is 71.2 Å². The van der Waals surface area contributed by atoms with Crippen molar-refractivity contribution in [1.29, 1.82) is 0 Å². The third-order valence-electron chi connectivity index (χ3n) is 5.55. The summed E-state index contributed by atoms with van der Waals surface area (Å²) in [5.74, 6) is -0.640. The highest BCUT2D eigenvalue weighted by Crippen LogP contribution is 2.28. The van der Waals surface area contributed by atoms with Gasteiger partial charge in [-0.3, -0.25) is 14.3 Å². The maximum atomic E-state index is 12.4. The predicted molar refractivity (Wildman–Crippen MR) is 147 cm³/mol. The fourth-order valence-electron chi connectivity index (χ4n) is 3.70. The number of nitrogens with zero attached hydrogens (tertiary/aromatic N) is 4. The minimum absolute atomic E-state index is 0.124. The molecule has 0 aliphatic rings. The van der Waals surface area contributed by atoms with Gasteiger partial charge in [0.2, 0.25) is 5.91 Å². The van der Waals surface area contributed by atoms with Gasteiger partial charge in [-0.2, -0.15) is 5.10 Å². The van der Waals surface area contributed by atoms with E-state index in [0.717, 1.165) is 22.5 Å². The van der Waals surface area contributed by atoms with Gasteiger partial charge < -0.3 is 20.9 Å². The number of amides is 2. The Labute approximate surface area is 220 Å². The van der Waals surface area contributed by atoms with Crippen LogP contribution in [0.4, 0.5) is 5.13 Å². The van der Waals surface area contributed by atoms with Crippen LogP contribution in [0.15, 0.2) is 60.4 Å². The van der Waals surface area contributed by atoms with Crippen LogP contribution >= 0.6 is 11.3 Å². The summed E-state index contributed by atoms with van der Waals surface area (Å²) >= 11 is 1.33. The number of benzene rings is 1. The molecule has 194 valence electrons. The SMILES string of the molecule is CC(C)(N)Cn1ccc(-c2cccc(-c3csc(NC(=O)CNC(=O)c4ccn(C(C)(C)C)c4)n3)c2)n1. The summed E-state index contributed by atoms with van der Waals surface area (Å²) in [5, 5.41) is 12.4. The molecule has 0 spiro atoms. The van der Waals surface area contributed by atoms with Crippen molar-refractivity contribution in [2.75, 3.05) is 11.9 Å².